The Labute approximate surface area is 150 Å². The van der Waals surface area contributed by atoms with Crippen LogP contribution >= 0.6 is 11.8 Å². The van der Waals surface area contributed by atoms with Gasteiger partial charge in [-0.3, -0.25) is 14.7 Å². The van der Waals surface area contributed by atoms with Gasteiger partial charge in [0.15, 0.2) is 0 Å². The van der Waals surface area contributed by atoms with E-state index in [9.17, 15) is 5.11 Å². The van der Waals surface area contributed by atoms with Gasteiger partial charge in [-0.15, -0.1) is 11.8 Å². The highest BCUT2D eigenvalue weighted by Crippen LogP contribution is 2.56. The second-order valence-electron chi connectivity index (χ2n) is 8.52. The molecule has 138 valence electrons. The molecule has 3 N–H and O–H groups in total. The summed E-state index contributed by atoms with van der Waals surface area (Å²) in [6, 6.07) is 0.762. The molecule has 2 saturated carbocycles. The molecule has 2 aliphatic heterocycles. The van der Waals surface area contributed by atoms with Gasteiger partial charge in [0.2, 0.25) is 0 Å². The average molecular weight is 355 g/mol. The normalized spacial score (nSPS) is 45.2. The van der Waals surface area contributed by atoms with Crippen molar-refractivity contribution < 1.29 is 5.11 Å². The number of rotatable bonds is 4. The molecule has 0 aromatic carbocycles. The predicted octanol–water partition coefficient (Wildman–Crippen LogP) is 1.53. The first-order valence-electron chi connectivity index (χ1n) is 9.74. The summed E-state index contributed by atoms with van der Waals surface area (Å²) in [7, 11) is 6.83. The van der Waals surface area contributed by atoms with Gasteiger partial charge in [-0.25, -0.2) is 0 Å². The third kappa shape index (κ3) is 2.93. The fourth-order valence-electron chi connectivity index (χ4n) is 5.66. The zero-order valence-corrected chi connectivity index (χ0v) is 16.2. The van der Waals surface area contributed by atoms with Crippen LogP contribution < -0.4 is 5.73 Å². The number of nitrogens with two attached hydrogens (primary N) is 1. The number of hydrogen-bond donors (Lipinski definition) is 2. The summed E-state index contributed by atoms with van der Waals surface area (Å²) >= 11 is 2.22. The van der Waals surface area contributed by atoms with Crippen molar-refractivity contribution in [1.82, 2.24) is 14.7 Å². The van der Waals surface area contributed by atoms with Crippen molar-refractivity contribution in [1.29, 1.82) is 0 Å². The maximum atomic E-state index is 9.84. The zero-order valence-electron chi connectivity index (χ0n) is 15.3. The number of nitrogens with zero attached hydrogens (tertiary/aromatic N) is 3. The number of aliphatic hydroxyl groups is 1. The lowest BCUT2D eigenvalue weighted by atomic mass is 9.76. The third-order valence-electron chi connectivity index (χ3n) is 6.99. The smallest absolute Gasteiger partial charge is 0.105 e. The first-order chi connectivity index (χ1) is 11.5. The van der Waals surface area contributed by atoms with E-state index in [4.69, 9.17) is 5.73 Å². The lowest BCUT2D eigenvalue weighted by molar-refractivity contribution is -0.128. The molecule has 2 aliphatic carbocycles. The molecule has 6 heteroatoms. The summed E-state index contributed by atoms with van der Waals surface area (Å²) in [5, 5.41) is 11.2. The maximum absolute atomic E-state index is 9.84. The van der Waals surface area contributed by atoms with Crippen LogP contribution in [0.4, 0.5) is 0 Å². The topological polar surface area (TPSA) is 56.0 Å². The molecular formula is C18H34N4OS. The lowest BCUT2D eigenvalue weighted by Crippen LogP contribution is -2.68. The minimum Gasteiger partial charge on any atom is -0.379 e. The second kappa shape index (κ2) is 6.71. The van der Waals surface area contributed by atoms with Gasteiger partial charge in [0.1, 0.15) is 6.23 Å². The van der Waals surface area contributed by atoms with E-state index in [0.29, 0.717) is 23.9 Å². The summed E-state index contributed by atoms with van der Waals surface area (Å²) in [6.45, 7) is 0. The summed E-state index contributed by atoms with van der Waals surface area (Å²) in [4.78, 5) is 7.69. The molecule has 2 saturated heterocycles. The highest BCUT2D eigenvalue weighted by molar-refractivity contribution is 8.00. The van der Waals surface area contributed by atoms with Gasteiger partial charge in [-0.1, -0.05) is 12.8 Å². The van der Waals surface area contributed by atoms with E-state index in [1.807, 2.05) is 0 Å². The molecule has 24 heavy (non-hydrogen) atoms. The largest absolute Gasteiger partial charge is 0.379 e. The highest BCUT2D eigenvalue weighted by atomic mass is 32.2. The Morgan fingerprint density at radius 2 is 1.88 bits per heavy atom. The number of aliphatic hydroxyl groups excluding tert-OH is 1. The van der Waals surface area contributed by atoms with Crippen LogP contribution in [0.15, 0.2) is 0 Å². The van der Waals surface area contributed by atoms with Gasteiger partial charge in [-0.05, 0) is 52.7 Å². The number of hydrogen-bond acceptors (Lipinski definition) is 6. The Bertz CT molecular complexity index is 460. The lowest BCUT2D eigenvalue weighted by Gasteiger charge is -2.55. The van der Waals surface area contributed by atoms with Gasteiger partial charge in [0.05, 0.1) is 17.7 Å². The minimum absolute atomic E-state index is 0.227. The van der Waals surface area contributed by atoms with Crippen LogP contribution in [0.3, 0.4) is 0 Å². The monoisotopic (exact) mass is 354 g/mol. The van der Waals surface area contributed by atoms with E-state index >= 15 is 0 Å². The number of thioether (sulfide) groups is 1. The van der Waals surface area contributed by atoms with Gasteiger partial charge >= 0.3 is 0 Å². The molecule has 4 rings (SSSR count). The molecule has 4 aliphatic rings. The Hall–Kier alpha value is 0.150. The molecule has 5 nitrogen and oxygen atoms in total. The molecule has 0 amide bonds. The van der Waals surface area contributed by atoms with Crippen molar-refractivity contribution in [3.8, 4) is 0 Å². The third-order valence-corrected chi connectivity index (χ3v) is 8.85. The Morgan fingerprint density at radius 1 is 1.17 bits per heavy atom. The summed E-state index contributed by atoms with van der Waals surface area (Å²) in [5.41, 5.74) is 5.78. The van der Waals surface area contributed by atoms with Gasteiger partial charge in [0.25, 0.3) is 0 Å². The minimum atomic E-state index is -0.739. The molecule has 0 aromatic rings. The number of fused-ring (bicyclic) bond motifs is 3. The predicted molar refractivity (Wildman–Crippen MR) is 99.3 cm³/mol. The van der Waals surface area contributed by atoms with Crippen molar-refractivity contribution >= 4 is 11.8 Å². The fraction of sp³-hybridized carbons (Fsp3) is 1.00. The van der Waals surface area contributed by atoms with E-state index in [1.54, 1.807) is 0 Å². The quantitative estimate of drug-likeness (QED) is 0.747. The molecule has 0 bridgehead atoms. The van der Waals surface area contributed by atoms with Crippen LogP contribution in [0.1, 0.15) is 44.9 Å². The van der Waals surface area contributed by atoms with Crippen molar-refractivity contribution in [2.45, 2.75) is 80.2 Å². The van der Waals surface area contributed by atoms with E-state index in [0.717, 1.165) is 17.2 Å². The second-order valence-corrected chi connectivity index (χ2v) is 9.88. The standard InChI is InChI=1S/C18H34N4OS/c1-20(11-8-9-11)17-16-12-6-4-5-7-13(12)24-18(16)22(3)15(21(17)2)10-14(19)23/h11-18,23H,4-10,19H2,1-3H3. The van der Waals surface area contributed by atoms with E-state index in [-0.39, 0.29) is 6.17 Å². The zero-order chi connectivity index (χ0) is 17.0. The van der Waals surface area contributed by atoms with Gasteiger partial charge in [-0.2, -0.15) is 0 Å². The van der Waals surface area contributed by atoms with Crippen LogP contribution in [0, 0.1) is 11.8 Å². The first-order valence-corrected chi connectivity index (χ1v) is 10.7. The SMILES string of the molecule is CN1C2SC3CCCCC3C2C(N(C)C2CC2)N(C)C1CC(N)O. The average Bonchev–Trinajstić information content (AvgIpc) is 3.33. The van der Waals surface area contributed by atoms with Crippen LogP contribution in [0.2, 0.25) is 0 Å². The van der Waals surface area contributed by atoms with Crippen LogP contribution in [-0.4, -0.2) is 76.2 Å². The fourth-order valence-corrected chi connectivity index (χ4v) is 7.70. The van der Waals surface area contributed by atoms with Crippen LogP contribution in [0.25, 0.3) is 0 Å². The Kier molecular flexibility index (Phi) is 4.91. The molecule has 7 atom stereocenters. The van der Waals surface area contributed by atoms with Crippen LogP contribution in [0.5, 0.6) is 0 Å². The van der Waals surface area contributed by atoms with E-state index in [1.165, 1.54) is 38.5 Å². The van der Waals surface area contributed by atoms with Crippen molar-refractivity contribution in [2.24, 2.45) is 17.6 Å². The van der Waals surface area contributed by atoms with Gasteiger partial charge < -0.3 is 10.8 Å². The van der Waals surface area contributed by atoms with Crippen molar-refractivity contribution in [3.05, 3.63) is 0 Å². The van der Waals surface area contributed by atoms with Crippen molar-refractivity contribution in [3.63, 3.8) is 0 Å². The van der Waals surface area contributed by atoms with Gasteiger partial charge in [0, 0.05) is 23.6 Å². The Morgan fingerprint density at radius 3 is 2.54 bits per heavy atom. The highest BCUT2D eigenvalue weighted by Gasteiger charge is 2.57. The maximum Gasteiger partial charge on any atom is 0.105 e. The summed E-state index contributed by atoms with van der Waals surface area (Å²) in [6.07, 6.45) is 8.90. The summed E-state index contributed by atoms with van der Waals surface area (Å²) < 4.78 is 0. The van der Waals surface area contributed by atoms with E-state index in [2.05, 4.69) is 47.6 Å². The molecule has 0 aromatic heterocycles. The molecule has 4 fully saturated rings. The molecule has 0 radical (unpaired) electrons. The Balaban J connectivity index is 1.65. The summed E-state index contributed by atoms with van der Waals surface area (Å²) in [5.74, 6) is 1.57. The molecule has 7 unspecified atom stereocenters. The van der Waals surface area contributed by atoms with E-state index < -0.39 is 6.23 Å². The molecular weight excluding hydrogens is 320 g/mol. The van der Waals surface area contributed by atoms with Crippen LogP contribution in [-0.2, 0) is 0 Å². The molecule has 2 heterocycles. The molecule has 0 spiro atoms. The van der Waals surface area contributed by atoms with Crippen molar-refractivity contribution in [2.75, 3.05) is 21.1 Å². The first kappa shape index (κ1) is 17.6.